The summed E-state index contributed by atoms with van der Waals surface area (Å²) in [6.45, 7) is 0.200. The van der Waals surface area contributed by atoms with Crippen molar-refractivity contribution in [3.8, 4) is 0 Å². The van der Waals surface area contributed by atoms with Crippen molar-refractivity contribution < 1.29 is 28.3 Å². The van der Waals surface area contributed by atoms with Crippen LogP contribution in [0.3, 0.4) is 0 Å². The maximum Gasteiger partial charge on any atom is 0.309 e. The molecule has 0 saturated heterocycles. The van der Waals surface area contributed by atoms with Gasteiger partial charge in [0.05, 0.1) is 16.6 Å². The van der Waals surface area contributed by atoms with E-state index in [1.165, 1.54) is 24.4 Å². The van der Waals surface area contributed by atoms with Gasteiger partial charge < -0.3 is 15.7 Å². The molecule has 37 heavy (non-hydrogen) atoms. The first kappa shape index (κ1) is 25.1. The fraction of sp³-hybridized carbons (Fsp3) is 0.400. The number of amides is 2. The van der Waals surface area contributed by atoms with E-state index < -0.39 is 46.2 Å². The van der Waals surface area contributed by atoms with Crippen LogP contribution in [0.1, 0.15) is 65.1 Å². The highest BCUT2D eigenvalue weighted by molar-refractivity contribution is 6.30. The molecule has 3 fully saturated rings. The van der Waals surface area contributed by atoms with Crippen LogP contribution in [0.25, 0.3) is 5.65 Å². The summed E-state index contributed by atoms with van der Waals surface area (Å²) >= 11 is 5.77. The maximum absolute atomic E-state index is 15.5. The number of aliphatic carboxylic acids is 1. The van der Waals surface area contributed by atoms with Crippen molar-refractivity contribution in [2.24, 2.45) is 10.8 Å². The lowest BCUT2D eigenvalue weighted by atomic mass is 9.53. The summed E-state index contributed by atoms with van der Waals surface area (Å²) in [6, 6.07) is 5.37. The van der Waals surface area contributed by atoms with Gasteiger partial charge in [0.2, 0.25) is 0 Å². The first-order chi connectivity index (χ1) is 17.6. The van der Waals surface area contributed by atoms with Crippen molar-refractivity contribution in [1.82, 2.24) is 25.2 Å². The van der Waals surface area contributed by atoms with Crippen molar-refractivity contribution >= 4 is 35.0 Å². The van der Waals surface area contributed by atoms with Crippen LogP contribution in [-0.4, -0.2) is 44.0 Å². The molecule has 6 rings (SSSR count). The van der Waals surface area contributed by atoms with Crippen molar-refractivity contribution in [1.29, 1.82) is 0 Å². The number of halogens is 3. The highest BCUT2D eigenvalue weighted by Gasteiger charge is 2.52. The Bertz CT molecular complexity index is 1400. The summed E-state index contributed by atoms with van der Waals surface area (Å²) in [5.41, 5.74) is -1.34. The molecule has 1 aromatic carbocycles. The van der Waals surface area contributed by atoms with E-state index in [0.717, 1.165) is 10.6 Å². The Morgan fingerprint density at radius 3 is 2.38 bits per heavy atom. The predicted octanol–water partition coefficient (Wildman–Crippen LogP) is 3.75. The molecule has 2 aromatic heterocycles. The number of nitrogens with one attached hydrogen (secondary N) is 2. The Morgan fingerprint density at radius 2 is 1.73 bits per heavy atom. The molecule has 3 aliphatic carbocycles. The van der Waals surface area contributed by atoms with E-state index >= 15 is 4.39 Å². The summed E-state index contributed by atoms with van der Waals surface area (Å²) in [5, 5.41) is 18.8. The number of carbonyl (C=O) groups is 3. The zero-order valence-corrected chi connectivity index (χ0v) is 20.4. The predicted molar refractivity (Wildman–Crippen MR) is 128 cm³/mol. The van der Waals surface area contributed by atoms with E-state index in [1.54, 1.807) is 0 Å². The summed E-state index contributed by atoms with van der Waals surface area (Å²) in [5.74, 6) is -4.11. The van der Waals surface area contributed by atoms with Gasteiger partial charge in [-0.3, -0.25) is 14.4 Å². The molecular formula is C25H24ClF2N5O4. The summed E-state index contributed by atoms with van der Waals surface area (Å²) in [6.07, 6.45) is 4.98. The van der Waals surface area contributed by atoms with Crippen molar-refractivity contribution in [3.05, 3.63) is 64.1 Å². The zero-order chi connectivity index (χ0) is 26.4. The SMILES string of the molecule is O=C(NCc1ccc(F)c(Cl)c1)c1nc2ccnn2c(C(=O)NCC23CCC(C(=O)O)(CC2)CC3)c1F. The highest BCUT2D eigenvalue weighted by atomic mass is 35.5. The first-order valence-electron chi connectivity index (χ1n) is 11.9. The van der Waals surface area contributed by atoms with Crippen LogP contribution in [0.4, 0.5) is 8.78 Å². The molecule has 3 aromatic rings. The molecule has 3 N–H and O–H groups in total. The van der Waals surface area contributed by atoms with Crippen molar-refractivity contribution in [2.75, 3.05) is 6.54 Å². The van der Waals surface area contributed by atoms with Crippen LogP contribution >= 0.6 is 11.6 Å². The first-order valence-corrected chi connectivity index (χ1v) is 12.3. The number of hydrogen-bond donors (Lipinski definition) is 3. The van der Waals surface area contributed by atoms with Crippen molar-refractivity contribution in [3.63, 3.8) is 0 Å². The molecule has 3 saturated carbocycles. The Kier molecular flexibility index (Phi) is 6.35. The standard InChI is InChI=1S/C25H24ClF2N5O4/c26-15-11-14(1-2-16(15)27)12-29-21(34)19-18(28)20(33-17(32-19)3-10-31-33)22(35)30-13-24-4-7-25(8-5-24,9-6-24)23(36)37/h1-3,10-11H,4-9,12-13H2,(H,29,34)(H,30,35)(H,36,37). The Hall–Kier alpha value is -3.60. The molecule has 0 aliphatic heterocycles. The number of hydrogen-bond acceptors (Lipinski definition) is 5. The topological polar surface area (TPSA) is 126 Å². The molecule has 0 unspecified atom stereocenters. The van der Waals surface area contributed by atoms with Gasteiger partial charge in [0, 0.05) is 19.2 Å². The second-order valence-corrected chi connectivity index (χ2v) is 10.3. The van der Waals surface area contributed by atoms with Gasteiger partial charge in [0.25, 0.3) is 11.8 Å². The third-order valence-corrected chi connectivity index (χ3v) is 8.11. The quantitative estimate of drug-likeness (QED) is 0.426. The molecule has 12 heteroatoms. The number of carboxylic acids is 1. The molecule has 2 heterocycles. The molecule has 3 aliphatic rings. The normalized spacial score (nSPS) is 22.7. The van der Waals surface area contributed by atoms with Gasteiger partial charge in [-0.15, -0.1) is 0 Å². The number of fused-ring (bicyclic) bond motifs is 4. The third kappa shape index (κ3) is 4.52. The van der Waals surface area contributed by atoms with Gasteiger partial charge >= 0.3 is 5.97 Å². The molecule has 0 radical (unpaired) electrons. The smallest absolute Gasteiger partial charge is 0.309 e. The largest absolute Gasteiger partial charge is 0.481 e. The van der Waals surface area contributed by atoms with E-state index in [2.05, 4.69) is 20.7 Å². The van der Waals surface area contributed by atoms with Gasteiger partial charge in [-0.1, -0.05) is 17.7 Å². The van der Waals surface area contributed by atoms with E-state index in [-0.39, 0.29) is 29.2 Å². The molecule has 9 nitrogen and oxygen atoms in total. The van der Waals surface area contributed by atoms with Gasteiger partial charge in [0.15, 0.2) is 22.9 Å². The molecule has 0 atom stereocenters. The minimum absolute atomic E-state index is 0.0632. The van der Waals surface area contributed by atoms with Gasteiger partial charge in [0.1, 0.15) is 5.82 Å². The van der Waals surface area contributed by atoms with Crippen LogP contribution in [-0.2, 0) is 11.3 Å². The van der Waals surface area contributed by atoms with Crippen molar-refractivity contribution in [2.45, 2.75) is 45.1 Å². The molecular weight excluding hydrogens is 508 g/mol. The minimum Gasteiger partial charge on any atom is -0.481 e. The second-order valence-electron chi connectivity index (χ2n) is 9.92. The maximum atomic E-state index is 15.5. The number of nitrogens with zero attached hydrogens (tertiary/aromatic N) is 3. The van der Waals surface area contributed by atoms with Crippen LogP contribution in [0.5, 0.6) is 0 Å². The number of carbonyl (C=O) groups excluding carboxylic acids is 2. The Labute approximate surface area is 215 Å². The van der Waals surface area contributed by atoms with Gasteiger partial charge in [-0.2, -0.15) is 5.10 Å². The summed E-state index contributed by atoms with van der Waals surface area (Å²) in [7, 11) is 0. The summed E-state index contributed by atoms with van der Waals surface area (Å²) in [4.78, 5) is 41.7. The molecule has 2 bridgehead atoms. The Balaban J connectivity index is 1.33. The van der Waals surface area contributed by atoms with Gasteiger partial charge in [-0.25, -0.2) is 18.3 Å². The average Bonchev–Trinajstić information content (AvgIpc) is 3.36. The zero-order valence-electron chi connectivity index (χ0n) is 19.7. The number of aromatic nitrogens is 3. The molecule has 2 amide bonds. The monoisotopic (exact) mass is 531 g/mol. The van der Waals surface area contributed by atoms with Crippen LogP contribution in [0.15, 0.2) is 30.5 Å². The number of benzene rings is 1. The summed E-state index contributed by atoms with van der Waals surface area (Å²) < 4.78 is 30.0. The number of rotatable bonds is 7. The minimum atomic E-state index is -1.13. The highest BCUT2D eigenvalue weighted by Crippen LogP contribution is 2.56. The fourth-order valence-corrected chi connectivity index (χ4v) is 5.59. The number of carboxylic acid groups (broad SMARTS) is 1. The average molecular weight is 532 g/mol. The van der Waals surface area contributed by atoms with Crippen LogP contribution < -0.4 is 10.6 Å². The fourth-order valence-electron chi connectivity index (χ4n) is 5.38. The second kappa shape index (κ2) is 9.37. The van der Waals surface area contributed by atoms with Gasteiger partial charge in [-0.05, 0) is 61.6 Å². The lowest BCUT2D eigenvalue weighted by molar-refractivity contribution is -0.158. The van der Waals surface area contributed by atoms with Crippen LogP contribution in [0, 0.1) is 22.5 Å². The van der Waals surface area contributed by atoms with E-state index in [9.17, 15) is 23.9 Å². The lowest BCUT2D eigenvalue weighted by Gasteiger charge is -2.51. The van der Waals surface area contributed by atoms with E-state index in [1.807, 2.05) is 0 Å². The Morgan fingerprint density at radius 1 is 1.03 bits per heavy atom. The lowest BCUT2D eigenvalue weighted by Crippen LogP contribution is -2.50. The van der Waals surface area contributed by atoms with E-state index in [4.69, 9.17) is 11.6 Å². The third-order valence-electron chi connectivity index (χ3n) is 7.82. The molecule has 194 valence electrons. The van der Waals surface area contributed by atoms with Crippen LogP contribution in [0.2, 0.25) is 5.02 Å². The molecule has 0 spiro atoms. The van der Waals surface area contributed by atoms with E-state index in [0.29, 0.717) is 44.1 Å².